The van der Waals surface area contributed by atoms with Crippen LogP contribution >= 0.6 is 0 Å². The number of amides is 2. The van der Waals surface area contributed by atoms with Crippen LogP contribution in [0.15, 0.2) is 0 Å². The molecule has 0 aromatic rings. The molecule has 4 heteroatoms. The van der Waals surface area contributed by atoms with Crippen LogP contribution in [0.25, 0.3) is 0 Å². The van der Waals surface area contributed by atoms with Crippen molar-refractivity contribution in [2.75, 3.05) is 13.1 Å². The first-order valence-electron chi connectivity index (χ1n) is 5.47. The van der Waals surface area contributed by atoms with Crippen molar-refractivity contribution in [1.29, 1.82) is 0 Å². The smallest absolute Gasteiger partial charge is 0.240 e. The zero-order valence-electron chi connectivity index (χ0n) is 9.80. The van der Waals surface area contributed by atoms with Gasteiger partial charge in [-0.1, -0.05) is 0 Å². The second-order valence-electron chi connectivity index (χ2n) is 5.07. The number of carbonyl (C=O) groups is 2. The Bertz CT molecular complexity index is 256. The highest BCUT2D eigenvalue weighted by atomic mass is 16.2. The molecule has 0 aromatic heterocycles. The molecule has 1 fully saturated rings. The average Bonchev–Trinajstić information content (AvgIpc) is 2.05. The lowest BCUT2D eigenvalue weighted by atomic mass is 10.1. The number of nitrogens with zero attached hydrogens (tertiary/aromatic N) is 1. The van der Waals surface area contributed by atoms with Gasteiger partial charge in [0.15, 0.2) is 0 Å². The molecule has 1 rings (SSSR count). The van der Waals surface area contributed by atoms with Gasteiger partial charge in [0, 0.05) is 18.5 Å². The van der Waals surface area contributed by atoms with E-state index in [0.717, 1.165) is 19.4 Å². The van der Waals surface area contributed by atoms with Crippen molar-refractivity contribution in [2.24, 2.45) is 0 Å². The molecule has 2 amide bonds. The monoisotopic (exact) mass is 212 g/mol. The van der Waals surface area contributed by atoms with Gasteiger partial charge in [-0.2, -0.15) is 0 Å². The molecule has 15 heavy (non-hydrogen) atoms. The molecule has 0 saturated carbocycles. The Kier molecular flexibility index (Phi) is 3.72. The summed E-state index contributed by atoms with van der Waals surface area (Å²) in [7, 11) is 0. The van der Waals surface area contributed by atoms with Crippen LogP contribution in [-0.4, -0.2) is 35.3 Å². The lowest BCUT2D eigenvalue weighted by molar-refractivity contribution is -0.138. The fraction of sp³-hybridized carbons (Fsp3) is 0.818. The van der Waals surface area contributed by atoms with Crippen LogP contribution in [0.4, 0.5) is 0 Å². The van der Waals surface area contributed by atoms with Gasteiger partial charge in [-0.15, -0.1) is 0 Å². The van der Waals surface area contributed by atoms with Crippen LogP contribution in [0.5, 0.6) is 0 Å². The summed E-state index contributed by atoms with van der Waals surface area (Å²) in [5.74, 6) is 0.0306. The van der Waals surface area contributed by atoms with E-state index in [-0.39, 0.29) is 23.9 Å². The SMILES string of the molecule is CC(C)(C)NC(=O)CN1CCCCC1=O. The first kappa shape index (κ1) is 12.0. The van der Waals surface area contributed by atoms with Crippen LogP contribution in [-0.2, 0) is 9.59 Å². The Morgan fingerprint density at radius 2 is 2.07 bits per heavy atom. The number of piperidine rings is 1. The molecular formula is C11H20N2O2. The lowest BCUT2D eigenvalue weighted by Crippen LogP contribution is -2.48. The van der Waals surface area contributed by atoms with Gasteiger partial charge in [0.25, 0.3) is 0 Å². The van der Waals surface area contributed by atoms with Crippen molar-refractivity contribution in [3.63, 3.8) is 0 Å². The maximum atomic E-state index is 11.6. The van der Waals surface area contributed by atoms with Crippen molar-refractivity contribution < 1.29 is 9.59 Å². The largest absolute Gasteiger partial charge is 0.350 e. The lowest BCUT2D eigenvalue weighted by Gasteiger charge is -2.28. The zero-order chi connectivity index (χ0) is 11.5. The normalized spacial score (nSPS) is 17.8. The second-order valence-corrected chi connectivity index (χ2v) is 5.07. The van der Waals surface area contributed by atoms with Gasteiger partial charge >= 0.3 is 0 Å². The van der Waals surface area contributed by atoms with E-state index < -0.39 is 0 Å². The highest BCUT2D eigenvalue weighted by Gasteiger charge is 2.22. The minimum Gasteiger partial charge on any atom is -0.350 e. The molecule has 4 nitrogen and oxygen atoms in total. The molecule has 0 spiro atoms. The first-order valence-corrected chi connectivity index (χ1v) is 5.47. The minimum absolute atomic E-state index is 0.0715. The molecular weight excluding hydrogens is 192 g/mol. The summed E-state index contributed by atoms with van der Waals surface area (Å²) in [6.07, 6.45) is 2.55. The average molecular weight is 212 g/mol. The van der Waals surface area contributed by atoms with E-state index >= 15 is 0 Å². The first-order chi connectivity index (χ1) is 6.88. The second kappa shape index (κ2) is 4.64. The highest BCUT2D eigenvalue weighted by Crippen LogP contribution is 2.10. The molecule has 0 bridgehead atoms. The minimum atomic E-state index is -0.226. The molecule has 1 aliphatic heterocycles. The Labute approximate surface area is 91.0 Å². The van der Waals surface area contributed by atoms with Crippen molar-refractivity contribution in [2.45, 2.75) is 45.6 Å². The van der Waals surface area contributed by atoms with E-state index in [4.69, 9.17) is 0 Å². The molecule has 0 unspecified atom stereocenters. The Hall–Kier alpha value is -1.06. The van der Waals surface area contributed by atoms with Crippen molar-refractivity contribution >= 4 is 11.8 Å². The van der Waals surface area contributed by atoms with E-state index in [0.29, 0.717) is 6.42 Å². The Morgan fingerprint density at radius 3 is 2.60 bits per heavy atom. The van der Waals surface area contributed by atoms with Gasteiger partial charge in [-0.3, -0.25) is 9.59 Å². The maximum absolute atomic E-state index is 11.6. The van der Waals surface area contributed by atoms with Gasteiger partial charge < -0.3 is 10.2 Å². The third-order valence-corrected chi connectivity index (χ3v) is 2.27. The van der Waals surface area contributed by atoms with Gasteiger partial charge in [0.05, 0.1) is 6.54 Å². The third-order valence-electron chi connectivity index (χ3n) is 2.27. The molecule has 1 saturated heterocycles. The molecule has 1 heterocycles. The van der Waals surface area contributed by atoms with E-state index in [9.17, 15) is 9.59 Å². The number of hydrogen-bond acceptors (Lipinski definition) is 2. The van der Waals surface area contributed by atoms with Gasteiger partial charge in [0.2, 0.25) is 11.8 Å². The van der Waals surface area contributed by atoms with Crippen molar-refractivity contribution in [3.05, 3.63) is 0 Å². The fourth-order valence-corrected chi connectivity index (χ4v) is 1.66. The van der Waals surface area contributed by atoms with E-state index in [1.807, 2.05) is 20.8 Å². The summed E-state index contributed by atoms with van der Waals surface area (Å²) in [6, 6.07) is 0. The summed E-state index contributed by atoms with van der Waals surface area (Å²) in [5.41, 5.74) is -0.226. The van der Waals surface area contributed by atoms with Crippen LogP contribution in [0, 0.1) is 0 Å². The third kappa shape index (κ3) is 4.32. The molecule has 0 atom stereocenters. The van der Waals surface area contributed by atoms with E-state index in [2.05, 4.69) is 5.32 Å². The van der Waals surface area contributed by atoms with Crippen LogP contribution in [0.3, 0.4) is 0 Å². The van der Waals surface area contributed by atoms with Crippen LogP contribution in [0.2, 0.25) is 0 Å². The number of likely N-dealkylation sites (tertiary alicyclic amines) is 1. The predicted octanol–water partition coefficient (Wildman–Crippen LogP) is 0.914. The zero-order valence-corrected chi connectivity index (χ0v) is 9.80. The molecule has 1 aliphatic rings. The predicted molar refractivity (Wildman–Crippen MR) is 58.3 cm³/mol. The summed E-state index contributed by atoms with van der Waals surface area (Å²) in [6.45, 7) is 6.72. The summed E-state index contributed by atoms with van der Waals surface area (Å²) >= 11 is 0. The van der Waals surface area contributed by atoms with E-state index in [1.165, 1.54) is 0 Å². The molecule has 0 aromatic carbocycles. The standard InChI is InChI=1S/C11H20N2O2/c1-11(2,3)12-9(14)8-13-7-5-4-6-10(13)15/h4-8H2,1-3H3,(H,12,14). The summed E-state index contributed by atoms with van der Waals surface area (Å²) in [5, 5.41) is 2.85. The molecule has 0 aliphatic carbocycles. The van der Waals surface area contributed by atoms with Gasteiger partial charge in [-0.25, -0.2) is 0 Å². The highest BCUT2D eigenvalue weighted by molar-refractivity contribution is 5.85. The molecule has 86 valence electrons. The summed E-state index contributed by atoms with van der Waals surface area (Å²) < 4.78 is 0. The molecule has 1 N–H and O–H groups in total. The van der Waals surface area contributed by atoms with Crippen LogP contribution < -0.4 is 5.32 Å². The number of nitrogens with one attached hydrogen (secondary N) is 1. The fourth-order valence-electron chi connectivity index (χ4n) is 1.66. The van der Waals surface area contributed by atoms with Crippen molar-refractivity contribution in [1.82, 2.24) is 10.2 Å². The number of hydrogen-bond donors (Lipinski definition) is 1. The molecule has 0 radical (unpaired) electrons. The maximum Gasteiger partial charge on any atom is 0.240 e. The number of rotatable bonds is 2. The number of carbonyl (C=O) groups excluding carboxylic acids is 2. The summed E-state index contributed by atoms with van der Waals surface area (Å²) in [4.78, 5) is 24.7. The van der Waals surface area contributed by atoms with Gasteiger partial charge in [-0.05, 0) is 33.6 Å². The topological polar surface area (TPSA) is 49.4 Å². The Balaban J connectivity index is 2.40. The van der Waals surface area contributed by atoms with Gasteiger partial charge in [0.1, 0.15) is 0 Å². The quantitative estimate of drug-likeness (QED) is 0.739. The Morgan fingerprint density at radius 1 is 1.40 bits per heavy atom. The van der Waals surface area contributed by atoms with E-state index in [1.54, 1.807) is 4.90 Å². The van der Waals surface area contributed by atoms with Crippen molar-refractivity contribution in [3.8, 4) is 0 Å². The van der Waals surface area contributed by atoms with Crippen LogP contribution in [0.1, 0.15) is 40.0 Å².